The second kappa shape index (κ2) is 15.7. The van der Waals surface area contributed by atoms with Gasteiger partial charge in [-0.05, 0) is 110 Å². The largest absolute Gasteiger partial charge is 0.508 e. The number of amides is 3. The lowest BCUT2D eigenvalue weighted by Crippen LogP contribution is -2.43. The van der Waals surface area contributed by atoms with Crippen molar-refractivity contribution in [1.29, 1.82) is 5.26 Å². The van der Waals surface area contributed by atoms with Gasteiger partial charge in [-0.2, -0.15) is 5.26 Å². The number of hydrogen-bond donors (Lipinski definition) is 2. The molecule has 0 saturated heterocycles. The molecule has 3 amide bonds. The number of phenolic OH excluding ortho intramolecular Hbond substituents is 1. The molecular weight excluding hydrogens is 741 g/mol. The van der Waals surface area contributed by atoms with Crippen molar-refractivity contribution in [2.24, 2.45) is 14.1 Å². The summed E-state index contributed by atoms with van der Waals surface area (Å²) in [7, 11) is 3.72. The molecule has 0 radical (unpaired) electrons. The number of hydrogen-bond acceptors (Lipinski definition) is 6. The molecule has 2 aliphatic rings. The van der Waals surface area contributed by atoms with E-state index in [4.69, 9.17) is 4.74 Å². The normalized spacial score (nSPS) is 14.6. The highest BCUT2D eigenvalue weighted by atomic mass is 16.5. The van der Waals surface area contributed by atoms with Gasteiger partial charge in [0.05, 0.1) is 11.3 Å². The van der Waals surface area contributed by atoms with Crippen molar-refractivity contribution in [2.45, 2.75) is 52.7 Å². The Morgan fingerprint density at radius 3 is 2.25 bits per heavy atom. The lowest BCUT2D eigenvalue weighted by molar-refractivity contribution is -0.134. The molecule has 4 aromatic carbocycles. The number of aromatic hydroxyl groups is 1. The van der Waals surface area contributed by atoms with Gasteiger partial charge in [0.15, 0.2) is 6.61 Å². The highest BCUT2D eigenvalue weighted by molar-refractivity contribution is 6.14. The van der Waals surface area contributed by atoms with Crippen LogP contribution in [-0.4, -0.2) is 61.0 Å². The van der Waals surface area contributed by atoms with E-state index in [9.17, 15) is 20.0 Å². The van der Waals surface area contributed by atoms with Crippen LogP contribution in [0.15, 0.2) is 97.1 Å². The Balaban J connectivity index is 1.28. The highest BCUT2D eigenvalue weighted by Gasteiger charge is 2.35. The Bertz CT molecular complexity index is 2670. The lowest BCUT2D eigenvalue weighted by atomic mass is 9.87. The monoisotopic (exact) mass is 786 g/mol. The minimum absolute atomic E-state index is 0.0786. The molecule has 59 heavy (non-hydrogen) atoms. The van der Waals surface area contributed by atoms with Crippen LogP contribution in [-0.2, 0) is 44.8 Å². The number of phenols is 1. The average Bonchev–Trinajstić information content (AvgIpc) is 3.68. The van der Waals surface area contributed by atoms with E-state index in [1.807, 2.05) is 90.5 Å². The second-order valence-corrected chi connectivity index (χ2v) is 15.5. The Hall–Kier alpha value is -7.06. The lowest BCUT2D eigenvalue weighted by Gasteiger charge is -2.36. The summed E-state index contributed by atoms with van der Waals surface area (Å²) in [5.74, 6) is 0.0345. The molecule has 6 aromatic rings. The van der Waals surface area contributed by atoms with Gasteiger partial charge < -0.3 is 34.1 Å². The molecule has 11 heteroatoms. The van der Waals surface area contributed by atoms with Crippen LogP contribution in [0.1, 0.15) is 67.0 Å². The fourth-order valence-corrected chi connectivity index (χ4v) is 8.51. The summed E-state index contributed by atoms with van der Waals surface area (Å²) in [5, 5.41) is 23.1. The molecule has 0 spiro atoms. The van der Waals surface area contributed by atoms with E-state index in [-0.39, 0.29) is 36.1 Å². The maximum Gasteiger partial charge on any atom is 0.260 e. The molecule has 2 aromatic heterocycles. The Labute approximate surface area is 343 Å². The van der Waals surface area contributed by atoms with Crippen molar-refractivity contribution in [3.05, 3.63) is 148 Å². The van der Waals surface area contributed by atoms with E-state index in [0.717, 1.165) is 22.4 Å². The zero-order valence-electron chi connectivity index (χ0n) is 33.9. The third-order valence-corrected chi connectivity index (χ3v) is 12.0. The van der Waals surface area contributed by atoms with Crippen LogP contribution in [0.3, 0.4) is 0 Å². The van der Waals surface area contributed by atoms with E-state index >= 15 is 4.79 Å². The average molecular weight is 787 g/mol. The van der Waals surface area contributed by atoms with Crippen molar-refractivity contribution in [3.63, 3.8) is 0 Å². The molecule has 0 fully saturated rings. The van der Waals surface area contributed by atoms with E-state index in [1.54, 1.807) is 23.1 Å². The van der Waals surface area contributed by atoms with E-state index in [1.165, 1.54) is 17.7 Å². The van der Waals surface area contributed by atoms with Crippen LogP contribution >= 0.6 is 0 Å². The summed E-state index contributed by atoms with van der Waals surface area (Å²) < 4.78 is 9.59. The smallest absolute Gasteiger partial charge is 0.260 e. The molecule has 1 atom stereocenters. The maximum atomic E-state index is 15.3. The van der Waals surface area contributed by atoms with Gasteiger partial charge in [0.1, 0.15) is 23.3 Å². The number of anilines is 1. The third-order valence-electron chi connectivity index (χ3n) is 12.0. The third kappa shape index (κ3) is 7.23. The van der Waals surface area contributed by atoms with Crippen LogP contribution in [0, 0.1) is 25.2 Å². The Morgan fingerprint density at radius 2 is 1.54 bits per heavy atom. The van der Waals surface area contributed by atoms with Gasteiger partial charge in [0, 0.05) is 79.1 Å². The summed E-state index contributed by atoms with van der Waals surface area (Å²) in [4.78, 5) is 47.0. The molecule has 2 aliphatic heterocycles. The van der Waals surface area contributed by atoms with Gasteiger partial charge in [-0.15, -0.1) is 0 Å². The molecule has 0 unspecified atom stereocenters. The number of fused-ring (bicyclic) bond motifs is 2. The van der Waals surface area contributed by atoms with Crippen molar-refractivity contribution >= 4 is 23.4 Å². The zero-order valence-corrected chi connectivity index (χ0v) is 33.9. The van der Waals surface area contributed by atoms with Gasteiger partial charge in [-0.1, -0.05) is 42.5 Å². The first-order valence-corrected chi connectivity index (χ1v) is 19.8. The van der Waals surface area contributed by atoms with Crippen LogP contribution in [0.25, 0.3) is 22.4 Å². The minimum atomic E-state index is -0.370. The fraction of sp³-hybridized carbons (Fsp3) is 0.250. The van der Waals surface area contributed by atoms with E-state index < -0.39 is 0 Å². The number of carbonyl (C=O) groups excluding carboxylic acids is 3. The number of nitrogens with one attached hydrogen (secondary N) is 1. The molecule has 0 saturated carbocycles. The van der Waals surface area contributed by atoms with E-state index in [0.29, 0.717) is 88.8 Å². The molecule has 11 nitrogen and oxygen atoms in total. The number of benzene rings is 4. The van der Waals surface area contributed by atoms with Gasteiger partial charge in [0.2, 0.25) is 0 Å². The molecule has 0 aliphatic carbocycles. The second-order valence-electron chi connectivity index (χ2n) is 15.5. The number of nitriles is 1. The van der Waals surface area contributed by atoms with Gasteiger partial charge in [0.25, 0.3) is 17.7 Å². The van der Waals surface area contributed by atoms with Gasteiger partial charge in [-0.3, -0.25) is 14.4 Å². The van der Waals surface area contributed by atoms with Gasteiger partial charge >= 0.3 is 0 Å². The van der Waals surface area contributed by atoms with Crippen LogP contribution < -0.4 is 10.1 Å². The Kier molecular flexibility index (Phi) is 10.3. The summed E-state index contributed by atoms with van der Waals surface area (Å²) >= 11 is 0. The first-order valence-electron chi connectivity index (χ1n) is 19.8. The first-order chi connectivity index (χ1) is 28.4. The topological polar surface area (TPSA) is 133 Å². The molecule has 2 N–H and O–H groups in total. The summed E-state index contributed by atoms with van der Waals surface area (Å²) in [5.41, 5.74) is 10.1. The quantitative estimate of drug-likeness (QED) is 0.152. The maximum absolute atomic E-state index is 15.3. The molecule has 4 heterocycles. The summed E-state index contributed by atoms with van der Waals surface area (Å²) in [6, 6.07) is 31.8. The SMILES string of the molecule is Cc1c(-c2c(C(=O)Nc3ccc(O)cc3)c(C)n(C)c2-c2cc3c(cc2C(=O)N2Cc4ccccc4C[C@H]2C)CN(C(=O)COc2ccccc2)CC3)cc(C#N)n1C. The molecule has 8 rings (SSSR count). The molecule has 298 valence electrons. The Morgan fingerprint density at radius 1 is 0.831 bits per heavy atom. The number of aromatic nitrogens is 2. The van der Waals surface area contributed by atoms with Crippen molar-refractivity contribution in [3.8, 4) is 40.0 Å². The predicted octanol–water partition coefficient (Wildman–Crippen LogP) is 7.69. The zero-order chi connectivity index (χ0) is 41.5. The number of carbonyl (C=O) groups is 3. The predicted molar refractivity (Wildman–Crippen MR) is 226 cm³/mol. The molecule has 0 bridgehead atoms. The molecular formula is C48H46N6O5. The summed E-state index contributed by atoms with van der Waals surface area (Å²) in [6.45, 7) is 7.00. The number of ether oxygens (including phenoxy) is 1. The van der Waals surface area contributed by atoms with Crippen molar-refractivity contribution in [1.82, 2.24) is 18.9 Å². The highest BCUT2D eigenvalue weighted by Crippen LogP contribution is 2.44. The van der Waals surface area contributed by atoms with Crippen molar-refractivity contribution < 1.29 is 24.2 Å². The summed E-state index contributed by atoms with van der Waals surface area (Å²) in [6.07, 6.45) is 1.26. The van der Waals surface area contributed by atoms with Crippen LogP contribution in [0.4, 0.5) is 5.69 Å². The first kappa shape index (κ1) is 38.8. The fourth-order valence-electron chi connectivity index (χ4n) is 8.51. The number of nitrogens with zero attached hydrogens (tertiary/aromatic N) is 5. The van der Waals surface area contributed by atoms with Crippen molar-refractivity contribution in [2.75, 3.05) is 18.5 Å². The number of para-hydroxylation sites is 1. The minimum Gasteiger partial charge on any atom is -0.508 e. The van der Waals surface area contributed by atoms with Crippen LogP contribution in [0.2, 0.25) is 0 Å². The van der Waals surface area contributed by atoms with Crippen LogP contribution in [0.5, 0.6) is 11.5 Å². The van der Waals surface area contributed by atoms with Gasteiger partial charge in [-0.25, -0.2) is 0 Å². The number of rotatable bonds is 8. The van der Waals surface area contributed by atoms with E-state index in [2.05, 4.69) is 36.5 Å². The standard InChI is InChI=1S/C48H46N6O5/c1-29-21-32-11-9-10-12-34(32)27-54(29)48(58)42-23-35-26-53(43(56)28-59-39-13-7-6-8-14-39)20-19-33(35)22-41(42)46-45(40-24-37(25-49)51(4)30(40)2)44(31(3)52(46)5)47(57)50-36-15-17-38(55)18-16-36/h6-18,22-24,29,55H,19-21,26-28H2,1-5H3,(H,50,57)/t29-/m1/s1.